The predicted octanol–water partition coefficient (Wildman–Crippen LogP) is 0.936. The van der Waals surface area contributed by atoms with Crippen LogP contribution < -0.4 is 10.2 Å². The predicted molar refractivity (Wildman–Crippen MR) is 66.1 cm³/mol. The number of carboxylic acids is 1. The molecular weight excluding hydrogens is 234 g/mol. The maximum Gasteiger partial charge on any atom is 0.335 e. The van der Waals surface area contributed by atoms with Gasteiger partial charge in [0.05, 0.1) is 5.56 Å². The molecular formula is C12H13N3O3. The van der Waals surface area contributed by atoms with Gasteiger partial charge in [0.15, 0.2) is 5.58 Å². The first-order chi connectivity index (χ1) is 8.74. The fraction of sp³-hybridized carbons (Fsp3) is 0.333. The molecule has 94 valence electrons. The Labute approximate surface area is 103 Å². The standard InChI is InChI=1S/C12H13N3O3/c16-11(17)8-1-2-9-10(7-8)18-12(14-9)15-5-3-13-4-6-15/h1-2,7,13H,3-6H2,(H,16,17). The lowest BCUT2D eigenvalue weighted by Gasteiger charge is -2.25. The number of carboxylic acid groups (broad SMARTS) is 1. The van der Waals surface area contributed by atoms with Crippen LogP contribution >= 0.6 is 0 Å². The molecule has 0 spiro atoms. The number of anilines is 1. The summed E-state index contributed by atoms with van der Waals surface area (Å²) in [4.78, 5) is 17.3. The molecule has 1 aromatic carbocycles. The molecule has 6 heteroatoms. The van der Waals surface area contributed by atoms with E-state index >= 15 is 0 Å². The van der Waals surface area contributed by atoms with Gasteiger partial charge in [0, 0.05) is 26.2 Å². The summed E-state index contributed by atoms with van der Waals surface area (Å²) in [7, 11) is 0. The summed E-state index contributed by atoms with van der Waals surface area (Å²) in [5.41, 5.74) is 1.42. The second kappa shape index (κ2) is 4.30. The van der Waals surface area contributed by atoms with E-state index in [4.69, 9.17) is 9.52 Å². The van der Waals surface area contributed by atoms with Crippen molar-refractivity contribution in [2.24, 2.45) is 0 Å². The Morgan fingerprint density at radius 1 is 1.39 bits per heavy atom. The SMILES string of the molecule is O=C(O)c1ccc2nc(N3CCNCC3)oc2c1. The number of aromatic carboxylic acids is 1. The smallest absolute Gasteiger partial charge is 0.335 e. The lowest BCUT2D eigenvalue weighted by atomic mass is 10.2. The molecule has 1 aromatic heterocycles. The number of hydrogen-bond acceptors (Lipinski definition) is 5. The average molecular weight is 247 g/mol. The molecule has 2 N–H and O–H groups in total. The highest BCUT2D eigenvalue weighted by Crippen LogP contribution is 2.23. The van der Waals surface area contributed by atoms with Crippen LogP contribution in [0.25, 0.3) is 11.1 Å². The fourth-order valence-electron chi connectivity index (χ4n) is 2.04. The van der Waals surface area contributed by atoms with E-state index in [2.05, 4.69) is 15.2 Å². The minimum absolute atomic E-state index is 0.213. The van der Waals surface area contributed by atoms with Gasteiger partial charge in [0.2, 0.25) is 0 Å². The maximum atomic E-state index is 10.9. The zero-order valence-electron chi connectivity index (χ0n) is 9.72. The summed E-state index contributed by atoms with van der Waals surface area (Å²) in [5.74, 6) is -0.961. The largest absolute Gasteiger partial charge is 0.478 e. The van der Waals surface area contributed by atoms with Crippen LogP contribution in [0.3, 0.4) is 0 Å². The molecule has 2 heterocycles. The molecule has 0 saturated carbocycles. The molecule has 0 atom stereocenters. The Hall–Kier alpha value is -2.08. The van der Waals surface area contributed by atoms with E-state index < -0.39 is 5.97 Å². The van der Waals surface area contributed by atoms with Crippen LogP contribution in [0.4, 0.5) is 6.01 Å². The molecule has 6 nitrogen and oxygen atoms in total. The van der Waals surface area contributed by atoms with E-state index in [0.717, 1.165) is 26.2 Å². The van der Waals surface area contributed by atoms with E-state index in [1.54, 1.807) is 6.07 Å². The summed E-state index contributed by atoms with van der Waals surface area (Å²) in [6.07, 6.45) is 0. The van der Waals surface area contributed by atoms with Gasteiger partial charge in [0.25, 0.3) is 6.01 Å². The van der Waals surface area contributed by atoms with Crippen molar-refractivity contribution in [3.63, 3.8) is 0 Å². The van der Waals surface area contributed by atoms with Crippen LogP contribution in [0, 0.1) is 0 Å². The Bertz CT molecular complexity index is 587. The summed E-state index contributed by atoms with van der Waals surface area (Å²) >= 11 is 0. The van der Waals surface area contributed by atoms with Crippen LogP contribution in [0.1, 0.15) is 10.4 Å². The van der Waals surface area contributed by atoms with Crippen molar-refractivity contribution in [3.8, 4) is 0 Å². The first kappa shape index (κ1) is 11.0. The number of fused-ring (bicyclic) bond motifs is 1. The Morgan fingerprint density at radius 3 is 2.89 bits per heavy atom. The molecule has 0 radical (unpaired) electrons. The second-order valence-corrected chi connectivity index (χ2v) is 4.22. The summed E-state index contributed by atoms with van der Waals surface area (Å²) in [5, 5.41) is 12.2. The van der Waals surface area contributed by atoms with Gasteiger partial charge in [-0.2, -0.15) is 4.98 Å². The second-order valence-electron chi connectivity index (χ2n) is 4.22. The fourth-order valence-corrected chi connectivity index (χ4v) is 2.04. The molecule has 3 rings (SSSR count). The van der Waals surface area contributed by atoms with E-state index in [0.29, 0.717) is 17.1 Å². The molecule has 1 saturated heterocycles. The van der Waals surface area contributed by atoms with E-state index in [1.807, 2.05) is 0 Å². The van der Waals surface area contributed by atoms with Gasteiger partial charge in [-0.1, -0.05) is 0 Å². The first-order valence-corrected chi connectivity index (χ1v) is 5.83. The average Bonchev–Trinajstić information content (AvgIpc) is 2.82. The lowest BCUT2D eigenvalue weighted by molar-refractivity contribution is 0.0697. The third kappa shape index (κ3) is 1.91. The molecule has 1 aliphatic heterocycles. The van der Waals surface area contributed by atoms with Crippen molar-refractivity contribution in [2.75, 3.05) is 31.1 Å². The molecule has 0 bridgehead atoms. The molecule has 0 amide bonds. The van der Waals surface area contributed by atoms with E-state index in [1.165, 1.54) is 12.1 Å². The monoisotopic (exact) mass is 247 g/mol. The number of carbonyl (C=O) groups is 1. The van der Waals surface area contributed by atoms with Crippen molar-refractivity contribution < 1.29 is 14.3 Å². The molecule has 18 heavy (non-hydrogen) atoms. The molecule has 0 unspecified atom stereocenters. The van der Waals surface area contributed by atoms with Crippen LogP contribution in [0.5, 0.6) is 0 Å². The quantitative estimate of drug-likeness (QED) is 0.822. The Morgan fingerprint density at radius 2 is 2.17 bits per heavy atom. The number of oxazole rings is 1. The van der Waals surface area contributed by atoms with Crippen molar-refractivity contribution in [3.05, 3.63) is 23.8 Å². The highest BCUT2D eigenvalue weighted by molar-refractivity contribution is 5.92. The number of nitrogens with zero attached hydrogens (tertiary/aromatic N) is 2. The van der Waals surface area contributed by atoms with Crippen LogP contribution in [-0.2, 0) is 0 Å². The molecule has 1 aliphatic rings. The normalized spacial score (nSPS) is 16.1. The molecule has 2 aromatic rings. The lowest BCUT2D eigenvalue weighted by Crippen LogP contribution is -2.43. The van der Waals surface area contributed by atoms with Gasteiger partial charge in [-0.05, 0) is 18.2 Å². The first-order valence-electron chi connectivity index (χ1n) is 5.83. The van der Waals surface area contributed by atoms with Gasteiger partial charge in [-0.15, -0.1) is 0 Å². The van der Waals surface area contributed by atoms with Gasteiger partial charge in [-0.25, -0.2) is 4.79 Å². The Balaban J connectivity index is 1.97. The highest BCUT2D eigenvalue weighted by Gasteiger charge is 2.17. The van der Waals surface area contributed by atoms with E-state index in [-0.39, 0.29) is 5.56 Å². The van der Waals surface area contributed by atoms with Gasteiger partial charge in [-0.3, -0.25) is 0 Å². The number of aromatic nitrogens is 1. The number of piperazine rings is 1. The van der Waals surface area contributed by atoms with Crippen LogP contribution in [-0.4, -0.2) is 42.2 Å². The van der Waals surface area contributed by atoms with Crippen LogP contribution in [0.2, 0.25) is 0 Å². The minimum atomic E-state index is -0.961. The van der Waals surface area contributed by atoms with Crippen molar-refractivity contribution in [1.29, 1.82) is 0 Å². The van der Waals surface area contributed by atoms with Gasteiger partial charge >= 0.3 is 5.97 Å². The van der Waals surface area contributed by atoms with Crippen molar-refractivity contribution >= 4 is 23.1 Å². The van der Waals surface area contributed by atoms with E-state index in [9.17, 15) is 4.79 Å². The minimum Gasteiger partial charge on any atom is -0.478 e. The summed E-state index contributed by atoms with van der Waals surface area (Å²) in [6.45, 7) is 3.50. The number of hydrogen-bond donors (Lipinski definition) is 2. The zero-order chi connectivity index (χ0) is 12.5. The molecule has 1 fully saturated rings. The number of benzene rings is 1. The zero-order valence-corrected chi connectivity index (χ0v) is 9.72. The summed E-state index contributed by atoms with van der Waals surface area (Å²) < 4.78 is 5.62. The van der Waals surface area contributed by atoms with Crippen LogP contribution in [0.15, 0.2) is 22.6 Å². The van der Waals surface area contributed by atoms with Crippen molar-refractivity contribution in [2.45, 2.75) is 0 Å². The number of nitrogens with one attached hydrogen (secondary N) is 1. The third-order valence-corrected chi connectivity index (χ3v) is 3.01. The number of rotatable bonds is 2. The van der Waals surface area contributed by atoms with Crippen molar-refractivity contribution in [1.82, 2.24) is 10.3 Å². The highest BCUT2D eigenvalue weighted by atomic mass is 16.4. The third-order valence-electron chi connectivity index (χ3n) is 3.01. The topological polar surface area (TPSA) is 78.6 Å². The molecule has 0 aliphatic carbocycles. The van der Waals surface area contributed by atoms with Gasteiger partial charge < -0.3 is 19.7 Å². The maximum absolute atomic E-state index is 10.9. The summed E-state index contributed by atoms with van der Waals surface area (Å²) in [6, 6.07) is 5.29. The van der Waals surface area contributed by atoms with Gasteiger partial charge in [0.1, 0.15) is 5.52 Å². The Kier molecular flexibility index (Phi) is 2.64.